The van der Waals surface area contributed by atoms with Crippen molar-refractivity contribution < 1.29 is 4.74 Å². The molecule has 2 aliphatic rings. The van der Waals surface area contributed by atoms with Crippen molar-refractivity contribution in [2.45, 2.75) is 45.7 Å². The highest BCUT2D eigenvalue weighted by molar-refractivity contribution is 14.0. The monoisotopic (exact) mass is 481 g/mol. The lowest BCUT2D eigenvalue weighted by Crippen LogP contribution is -2.48. The molecule has 2 atom stereocenters. The van der Waals surface area contributed by atoms with Crippen LogP contribution in [0.4, 0.5) is 0 Å². The highest BCUT2D eigenvalue weighted by atomic mass is 127. The number of halogens is 1. The van der Waals surface area contributed by atoms with Crippen molar-refractivity contribution in [1.29, 1.82) is 0 Å². The van der Waals surface area contributed by atoms with Crippen LogP contribution >= 0.6 is 24.0 Å². The molecule has 2 aliphatic heterocycles. The molecule has 2 unspecified atom stereocenters. The Kier molecular flexibility index (Phi) is 11.4. The quantitative estimate of drug-likeness (QED) is 0.330. The average Bonchev–Trinajstić information content (AvgIpc) is 2.98. The average molecular weight is 481 g/mol. The SMILES string of the molecule is CN=C(NCC1CCN(CCOC)CC1)NC1CN(C(C)C)CC1C.I. The zero-order chi connectivity index (χ0) is 18.2. The summed E-state index contributed by atoms with van der Waals surface area (Å²) in [4.78, 5) is 9.50. The van der Waals surface area contributed by atoms with E-state index >= 15 is 0 Å². The number of piperidine rings is 1. The molecule has 2 heterocycles. The van der Waals surface area contributed by atoms with E-state index in [1.165, 1.54) is 32.5 Å². The summed E-state index contributed by atoms with van der Waals surface area (Å²) < 4.78 is 5.18. The van der Waals surface area contributed by atoms with Crippen molar-refractivity contribution in [3.8, 4) is 0 Å². The van der Waals surface area contributed by atoms with Crippen LogP contribution in [0.5, 0.6) is 0 Å². The van der Waals surface area contributed by atoms with Gasteiger partial charge in [-0.15, -0.1) is 24.0 Å². The van der Waals surface area contributed by atoms with Crippen molar-refractivity contribution in [2.24, 2.45) is 16.8 Å². The van der Waals surface area contributed by atoms with Crippen molar-refractivity contribution >= 4 is 29.9 Å². The van der Waals surface area contributed by atoms with Crippen molar-refractivity contribution in [2.75, 3.05) is 60.0 Å². The van der Waals surface area contributed by atoms with Crippen LogP contribution in [0, 0.1) is 11.8 Å². The Morgan fingerprint density at radius 3 is 2.46 bits per heavy atom. The molecule has 0 aromatic rings. The lowest BCUT2D eigenvalue weighted by atomic mass is 9.97. The molecule has 0 aromatic carbocycles. The first-order valence-electron chi connectivity index (χ1n) is 9.96. The maximum Gasteiger partial charge on any atom is 0.191 e. The minimum absolute atomic E-state index is 0. The van der Waals surface area contributed by atoms with Crippen LogP contribution in [0.1, 0.15) is 33.6 Å². The Morgan fingerprint density at radius 2 is 1.92 bits per heavy atom. The molecule has 7 heteroatoms. The summed E-state index contributed by atoms with van der Waals surface area (Å²) in [6, 6.07) is 1.11. The first-order valence-corrected chi connectivity index (χ1v) is 9.96. The number of rotatable bonds is 7. The van der Waals surface area contributed by atoms with Gasteiger partial charge >= 0.3 is 0 Å². The van der Waals surface area contributed by atoms with Gasteiger partial charge in [-0.2, -0.15) is 0 Å². The van der Waals surface area contributed by atoms with Gasteiger partial charge in [-0.25, -0.2) is 0 Å². The molecular weight excluding hydrogens is 441 g/mol. The Balaban J connectivity index is 0.00000338. The van der Waals surface area contributed by atoms with Crippen molar-refractivity contribution in [3.05, 3.63) is 0 Å². The molecule has 2 N–H and O–H groups in total. The molecule has 26 heavy (non-hydrogen) atoms. The summed E-state index contributed by atoms with van der Waals surface area (Å²) in [7, 11) is 3.66. The molecule has 0 spiro atoms. The van der Waals surface area contributed by atoms with Gasteiger partial charge in [0, 0.05) is 52.4 Å². The van der Waals surface area contributed by atoms with Crippen LogP contribution in [0.2, 0.25) is 0 Å². The summed E-state index contributed by atoms with van der Waals surface area (Å²) >= 11 is 0. The highest BCUT2D eigenvalue weighted by Crippen LogP contribution is 2.19. The minimum atomic E-state index is 0. The number of likely N-dealkylation sites (tertiary alicyclic amines) is 2. The minimum Gasteiger partial charge on any atom is -0.383 e. The van der Waals surface area contributed by atoms with E-state index in [4.69, 9.17) is 4.74 Å². The van der Waals surface area contributed by atoms with Crippen LogP contribution in [0.15, 0.2) is 4.99 Å². The number of guanidine groups is 1. The predicted octanol–water partition coefficient (Wildman–Crippen LogP) is 1.86. The van der Waals surface area contributed by atoms with Crippen LogP contribution in [-0.4, -0.2) is 87.9 Å². The van der Waals surface area contributed by atoms with Crippen LogP contribution in [-0.2, 0) is 4.74 Å². The fraction of sp³-hybridized carbons (Fsp3) is 0.947. The summed E-state index contributed by atoms with van der Waals surface area (Å²) in [5, 5.41) is 7.21. The zero-order valence-electron chi connectivity index (χ0n) is 17.3. The lowest BCUT2D eigenvalue weighted by molar-refractivity contribution is 0.121. The standard InChI is InChI=1S/C19H39N5O.HI/c1-15(2)24-13-16(3)18(14-24)22-19(20-4)21-12-17-6-8-23(9-7-17)10-11-25-5;/h15-18H,6-14H2,1-5H3,(H2,20,21,22);1H. The van der Waals surface area contributed by atoms with E-state index in [9.17, 15) is 0 Å². The van der Waals surface area contributed by atoms with Crippen molar-refractivity contribution in [3.63, 3.8) is 0 Å². The smallest absolute Gasteiger partial charge is 0.191 e. The molecular formula is C19H40IN5O. The fourth-order valence-electron chi connectivity index (χ4n) is 3.86. The topological polar surface area (TPSA) is 52.1 Å². The molecule has 0 aromatic heterocycles. The second kappa shape index (κ2) is 12.4. The Hall–Kier alpha value is -0.120. The van der Waals surface area contributed by atoms with Crippen LogP contribution in [0.3, 0.4) is 0 Å². The zero-order valence-corrected chi connectivity index (χ0v) is 19.7. The van der Waals surface area contributed by atoms with Crippen molar-refractivity contribution in [1.82, 2.24) is 20.4 Å². The number of aliphatic imine (C=N–C) groups is 1. The third-order valence-corrected chi connectivity index (χ3v) is 5.79. The van der Waals surface area contributed by atoms with E-state index in [1.807, 2.05) is 7.05 Å². The summed E-state index contributed by atoms with van der Waals surface area (Å²) in [5.74, 6) is 2.36. The number of nitrogens with one attached hydrogen (secondary N) is 2. The lowest BCUT2D eigenvalue weighted by Gasteiger charge is -2.32. The molecule has 2 fully saturated rings. The molecule has 2 rings (SSSR count). The normalized spacial score (nSPS) is 26.2. The number of hydrogen-bond acceptors (Lipinski definition) is 4. The van der Waals surface area contributed by atoms with Gasteiger partial charge in [0.05, 0.1) is 6.61 Å². The van der Waals surface area contributed by atoms with Crippen LogP contribution < -0.4 is 10.6 Å². The van der Waals surface area contributed by atoms with Gasteiger partial charge in [-0.05, 0) is 51.6 Å². The number of ether oxygens (including phenoxy) is 1. The molecule has 0 bridgehead atoms. The third-order valence-electron chi connectivity index (χ3n) is 5.79. The highest BCUT2D eigenvalue weighted by Gasteiger charge is 2.31. The van der Waals surface area contributed by atoms with E-state index in [0.29, 0.717) is 18.0 Å². The van der Waals surface area contributed by atoms with E-state index in [2.05, 4.69) is 46.2 Å². The summed E-state index contributed by atoms with van der Waals surface area (Å²) in [5.41, 5.74) is 0. The number of hydrogen-bond donors (Lipinski definition) is 2. The number of methoxy groups -OCH3 is 1. The first-order chi connectivity index (χ1) is 12.0. The maximum atomic E-state index is 5.18. The van der Waals surface area contributed by atoms with E-state index in [0.717, 1.165) is 38.1 Å². The molecule has 0 saturated carbocycles. The van der Waals surface area contributed by atoms with Gasteiger partial charge < -0.3 is 20.3 Å². The van der Waals surface area contributed by atoms with Crippen LogP contribution in [0.25, 0.3) is 0 Å². The Bertz CT molecular complexity index is 413. The second-order valence-electron chi connectivity index (χ2n) is 8.01. The molecule has 0 aliphatic carbocycles. The van der Waals surface area contributed by atoms with Gasteiger partial charge in [0.15, 0.2) is 5.96 Å². The first kappa shape index (κ1) is 23.9. The van der Waals surface area contributed by atoms with Gasteiger partial charge in [0.2, 0.25) is 0 Å². The molecule has 154 valence electrons. The van der Waals surface area contributed by atoms with Gasteiger partial charge in [0.25, 0.3) is 0 Å². The van der Waals surface area contributed by atoms with Gasteiger partial charge in [-0.1, -0.05) is 6.92 Å². The fourth-order valence-corrected chi connectivity index (χ4v) is 3.86. The van der Waals surface area contributed by atoms with Gasteiger partial charge in [-0.3, -0.25) is 9.89 Å². The van der Waals surface area contributed by atoms with E-state index in [-0.39, 0.29) is 24.0 Å². The van der Waals surface area contributed by atoms with E-state index < -0.39 is 0 Å². The Morgan fingerprint density at radius 1 is 1.23 bits per heavy atom. The molecule has 6 nitrogen and oxygen atoms in total. The molecule has 0 amide bonds. The molecule has 2 saturated heterocycles. The van der Waals surface area contributed by atoms with Gasteiger partial charge in [0.1, 0.15) is 0 Å². The summed E-state index contributed by atoms with van der Waals surface area (Å²) in [6.07, 6.45) is 2.52. The third kappa shape index (κ3) is 7.48. The maximum absolute atomic E-state index is 5.18. The number of nitrogens with zero attached hydrogens (tertiary/aromatic N) is 3. The summed E-state index contributed by atoms with van der Waals surface area (Å²) in [6.45, 7) is 14.5. The largest absolute Gasteiger partial charge is 0.383 e. The predicted molar refractivity (Wildman–Crippen MR) is 121 cm³/mol. The molecule has 0 radical (unpaired) electrons. The Labute approximate surface area is 177 Å². The second-order valence-corrected chi connectivity index (χ2v) is 8.01. The van der Waals surface area contributed by atoms with E-state index in [1.54, 1.807) is 7.11 Å².